The molecule has 39 heavy (non-hydrogen) atoms. The number of ether oxygens (including phenoxy) is 1. The molecule has 3 rings (SSSR count). The lowest BCUT2D eigenvalue weighted by atomic mass is 9.91. The number of carbonyl (C=O) groups is 4. The molecule has 0 aliphatic carbocycles. The van der Waals surface area contributed by atoms with E-state index in [4.69, 9.17) is 4.74 Å². The maximum atomic E-state index is 13.6. The number of esters is 1. The fourth-order valence-electron chi connectivity index (χ4n) is 4.26. The first kappa shape index (κ1) is 29.5. The van der Waals surface area contributed by atoms with Crippen molar-refractivity contribution in [2.75, 3.05) is 0 Å². The first-order chi connectivity index (χ1) is 18.5. The van der Waals surface area contributed by atoms with E-state index in [-0.39, 0.29) is 18.0 Å². The maximum Gasteiger partial charge on any atom is 0.329 e. The van der Waals surface area contributed by atoms with Gasteiger partial charge >= 0.3 is 5.97 Å². The molecular weight excluding hydrogens is 506 g/mol. The van der Waals surface area contributed by atoms with Gasteiger partial charge in [-0.25, -0.2) is 9.78 Å². The number of nitrogens with zero attached hydrogens (tertiary/aromatic N) is 2. The predicted molar refractivity (Wildman–Crippen MR) is 139 cm³/mol. The lowest BCUT2D eigenvalue weighted by molar-refractivity contribution is -0.157. The van der Waals surface area contributed by atoms with E-state index in [2.05, 4.69) is 25.9 Å². The Morgan fingerprint density at radius 2 is 1.85 bits per heavy atom. The molecule has 0 aromatic carbocycles. The third-order valence-corrected chi connectivity index (χ3v) is 6.95. The first-order valence-corrected chi connectivity index (χ1v) is 12.9. The van der Waals surface area contributed by atoms with Crippen molar-refractivity contribution >= 4 is 23.7 Å². The summed E-state index contributed by atoms with van der Waals surface area (Å²) in [6.45, 7) is 6.54. The normalized spacial score (nSPS) is 27.2. The number of aromatic hydroxyl groups is 1. The Bertz CT molecular complexity index is 1180. The molecule has 7 atom stereocenters. The van der Waals surface area contributed by atoms with E-state index in [0.29, 0.717) is 12.0 Å². The molecule has 1 aliphatic heterocycles. The van der Waals surface area contributed by atoms with Crippen molar-refractivity contribution in [3.63, 3.8) is 0 Å². The molecule has 5 N–H and O–H groups in total. The number of aromatic nitrogens is 2. The van der Waals surface area contributed by atoms with Gasteiger partial charge in [0.1, 0.15) is 23.9 Å². The molecule has 0 spiro atoms. The molecule has 0 bridgehead atoms. The molecule has 3 heterocycles. The highest BCUT2D eigenvalue weighted by molar-refractivity contribution is 5.98. The van der Waals surface area contributed by atoms with Crippen molar-refractivity contribution < 1.29 is 34.1 Å². The second-order valence-electron chi connectivity index (χ2n) is 9.80. The molecule has 12 nitrogen and oxygen atoms in total. The minimum Gasteiger partial charge on any atom is -0.505 e. The van der Waals surface area contributed by atoms with Crippen molar-refractivity contribution in [3.8, 4) is 5.75 Å². The Morgan fingerprint density at radius 3 is 2.49 bits per heavy atom. The molecule has 12 heteroatoms. The van der Waals surface area contributed by atoms with Crippen LogP contribution in [-0.4, -0.2) is 74.2 Å². The average Bonchev–Trinajstić information content (AvgIpc) is 2.92. The molecule has 1 aliphatic rings. The van der Waals surface area contributed by atoms with Crippen molar-refractivity contribution in [2.24, 2.45) is 11.8 Å². The van der Waals surface area contributed by atoms with Crippen LogP contribution < -0.4 is 16.0 Å². The van der Waals surface area contributed by atoms with E-state index in [0.717, 1.165) is 0 Å². The highest BCUT2D eigenvalue weighted by Crippen LogP contribution is 2.19. The molecule has 1 saturated heterocycles. The van der Waals surface area contributed by atoms with E-state index in [1.807, 2.05) is 6.92 Å². The number of aliphatic hydroxyl groups excluding tert-OH is 1. The van der Waals surface area contributed by atoms with Crippen LogP contribution in [0.4, 0.5) is 0 Å². The van der Waals surface area contributed by atoms with Crippen LogP contribution in [-0.2, 0) is 25.5 Å². The minimum atomic E-state index is -1.42. The van der Waals surface area contributed by atoms with Crippen molar-refractivity contribution in [3.05, 3.63) is 54.1 Å². The number of pyridine rings is 2. The zero-order valence-electron chi connectivity index (χ0n) is 22.3. The summed E-state index contributed by atoms with van der Waals surface area (Å²) in [6, 6.07) is 2.75. The monoisotopic (exact) mass is 541 g/mol. The van der Waals surface area contributed by atoms with E-state index in [1.54, 1.807) is 31.5 Å². The standard InChI is InChI=1S/C27H35N5O7/c1-5-14(2)20-27(38)39-16(4)21(32-26(37)22-19(33)9-7-11-29-22)25(36)30-18(12-17-8-6-10-28-13-17)23(34)15(3)24(35)31-20/h6-11,13-16,18,20-21,23,33-34H,5,12H2,1-4H3,(H,30,36)(H,31,35)(H,32,37)/t14?,15-,16-,18+,20?,21+,23+/m1/s1. The van der Waals surface area contributed by atoms with Gasteiger partial charge in [0.05, 0.1) is 18.1 Å². The third kappa shape index (κ3) is 7.29. The third-order valence-electron chi connectivity index (χ3n) is 6.95. The fourth-order valence-corrected chi connectivity index (χ4v) is 4.26. The number of carbonyl (C=O) groups excluding carboxylic acids is 4. The molecule has 0 saturated carbocycles. The van der Waals surface area contributed by atoms with Crippen LogP contribution in [0.2, 0.25) is 0 Å². The number of rotatable bonds is 6. The molecule has 210 valence electrons. The number of nitrogens with one attached hydrogen (secondary N) is 3. The van der Waals surface area contributed by atoms with Crippen LogP contribution in [0.3, 0.4) is 0 Å². The van der Waals surface area contributed by atoms with Gasteiger partial charge in [-0.15, -0.1) is 0 Å². The number of hydrogen-bond acceptors (Lipinski definition) is 9. The van der Waals surface area contributed by atoms with Crippen molar-refractivity contribution in [1.82, 2.24) is 25.9 Å². The van der Waals surface area contributed by atoms with Crippen LogP contribution in [0.1, 0.15) is 50.2 Å². The summed E-state index contributed by atoms with van der Waals surface area (Å²) in [7, 11) is 0. The smallest absolute Gasteiger partial charge is 0.329 e. The fraction of sp³-hybridized carbons (Fsp3) is 0.481. The summed E-state index contributed by atoms with van der Waals surface area (Å²) in [5, 5.41) is 29.2. The summed E-state index contributed by atoms with van der Waals surface area (Å²) in [5.74, 6) is -4.72. The van der Waals surface area contributed by atoms with Gasteiger partial charge in [-0.2, -0.15) is 0 Å². The van der Waals surface area contributed by atoms with Gasteiger partial charge in [0.25, 0.3) is 5.91 Å². The van der Waals surface area contributed by atoms with Crippen molar-refractivity contribution in [2.45, 2.75) is 70.9 Å². The molecule has 1 fully saturated rings. The van der Waals surface area contributed by atoms with E-state index in [9.17, 15) is 29.4 Å². The van der Waals surface area contributed by atoms with Crippen LogP contribution >= 0.6 is 0 Å². The Kier molecular flexibility index (Phi) is 9.94. The minimum absolute atomic E-state index is 0.128. The number of hydrogen-bond donors (Lipinski definition) is 5. The van der Waals surface area contributed by atoms with E-state index < -0.39 is 65.7 Å². The van der Waals surface area contributed by atoms with Crippen LogP contribution in [0.5, 0.6) is 5.75 Å². The summed E-state index contributed by atoms with van der Waals surface area (Å²) >= 11 is 0. The predicted octanol–water partition coefficient (Wildman–Crippen LogP) is 0.481. The highest BCUT2D eigenvalue weighted by Gasteiger charge is 2.40. The summed E-state index contributed by atoms with van der Waals surface area (Å²) in [4.78, 5) is 60.7. The van der Waals surface area contributed by atoms with Gasteiger partial charge in [0.2, 0.25) is 11.8 Å². The zero-order chi connectivity index (χ0) is 28.7. The van der Waals surface area contributed by atoms with Crippen molar-refractivity contribution in [1.29, 1.82) is 0 Å². The van der Waals surface area contributed by atoms with Gasteiger partial charge in [-0.1, -0.05) is 33.3 Å². The summed E-state index contributed by atoms with van der Waals surface area (Å²) in [6.07, 6.45) is 2.58. The summed E-state index contributed by atoms with van der Waals surface area (Å²) in [5.41, 5.74) is 0.373. The first-order valence-electron chi connectivity index (χ1n) is 12.9. The van der Waals surface area contributed by atoms with Gasteiger partial charge in [-0.05, 0) is 43.0 Å². The zero-order valence-corrected chi connectivity index (χ0v) is 22.3. The van der Waals surface area contributed by atoms with Gasteiger partial charge in [-0.3, -0.25) is 19.4 Å². The molecule has 0 radical (unpaired) electrons. The molecule has 2 unspecified atom stereocenters. The van der Waals surface area contributed by atoms with E-state index >= 15 is 0 Å². The van der Waals surface area contributed by atoms with Crippen LogP contribution in [0.25, 0.3) is 0 Å². The lowest BCUT2D eigenvalue weighted by Crippen LogP contribution is -2.61. The number of amides is 3. The SMILES string of the molecule is CCC(C)C1NC(=O)[C@H](C)[C@H](O)[C@H](Cc2cccnc2)NC(=O)[C@@H](NC(=O)c2ncccc2O)[C@@H](C)OC1=O. The molecule has 3 amide bonds. The van der Waals surface area contributed by atoms with Gasteiger partial charge in [0.15, 0.2) is 5.69 Å². The molecule has 2 aromatic rings. The maximum absolute atomic E-state index is 13.6. The Labute approximate surface area is 226 Å². The van der Waals surface area contributed by atoms with Gasteiger partial charge in [0, 0.05) is 18.6 Å². The van der Waals surface area contributed by atoms with Crippen LogP contribution in [0, 0.1) is 11.8 Å². The summed E-state index contributed by atoms with van der Waals surface area (Å²) < 4.78 is 5.59. The van der Waals surface area contributed by atoms with Crippen LogP contribution in [0.15, 0.2) is 42.9 Å². The topological polar surface area (TPSA) is 180 Å². The second kappa shape index (κ2) is 13.1. The largest absolute Gasteiger partial charge is 0.505 e. The lowest BCUT2D eigenvalue weighted by Gasteiger charge is -2.34. The van der Waals surface area contributed by atoms with Gasteiger partial charge < -0.3 is 30.9 Å². The number of cyclic esters (lactones) is 1. The quantitative estimate of drug-likeness (QED) is 0.325. The molecule has 2 aromatic heterocycles. The Hall–Kier alpha value is -4.06. The van der Waals surface area contributed by atoms with E-state index in [1.165, 1.54) is 32.2 Å². The Morgan fingerprint density at radius 1 is 1.13 bits per heavy atom. The highest BCUT2D eigenvalue weighted by atomic mass is 16.5. The second-order valence-corrected chi connectivity index (χ2v) is 9.80. The molecular formula is C27H35N5O7. The average molecular weight is 542 g/mol. The Balaban J connectivity index is 2.00. The number of aliphatic hydroxyl groups is 1.